The molecule has 1 aromatic carbocycles. The highest BCUT2D eigenvalue weighted by Crippen LogP contribution is 2.25. The number of nitrogens with one attached hydrogen (secondary N) is 1. The maximum atomic E-state index is 6.14. The lowest BCUT2D eigenvalue weighted by molar-refractivity contribution is 0.955. The van der Waals surface area contributed by atoms with Crippen LogP contribution in [0.1, 0.15) is 11.1 Å². The molecule has 3 rings (SSSR count). The molecule has 0 aliphatic carbocycles. The second-order valence-corrected chi connectivity index (χ2v) is 5.29. The minimum atomic E-state index is 0.519. The highest BCUT2D eigenvalue weighted by molar-refractivity contribution is 6.32. The van der Waals surface area contributed by atoms with Crippen molar-refractivity contribution in [3.63, 3.8) is 0 Å². The van der Waals surface area contributed by atoms with Gasteiger partial charge in [-0.05, 0) is 30.2 Å². The first kappa shape index (κ1) is 13.0. The third kappa shape index (κ3) is 2.25. The molecule has 0 aliphatic rings. The Morgan fingerprint density at radius 1 is 1.25 bits per heavy atom. The fraction of sp³-hybridized carbons (Fsp3) is 0.188. The predicted octanol–water partition coefficient (Wildman–Crippen LogP) is 4.15. The highest BCUT2D eigenvalue weighted by atomic mass is 35.5. The van der Waals surface area contributed by atoms with E-state index in [1.165, 1.54) is 16.5 Å². The van der Waals surface area contributed by atoms with Crippen LogP contribution >= 0.6 is 11.6 Å². The lowest BCUT2D eigenvalue weighted by Gasteiger charge is -2.10. The van der Waals surface area contributed by atoms with Gasteiger partial charge in [0.15, 0.2) is 5.15 Å². The maximum absolute atomic E-state index is 6.14. The molecule has 1 N–H and O–H groups in total. The molecule has 0 atom stereocenters. The first-order valence-corrected chi connectivity index (χ1v) is 6.92. The van der Waals surface area contributed by atoms with Crippen LogP contribution in [-0.2, 0) is 13.6 Å². The molecule has 3 nitrogen and oxygen atoms in total. The van der Waals surface area contributed by atoms with Gasteiger partial charge in [-0.2, -0.15) is 0 Å². The summed E-state index contributed by atoms with van der Waals surface area (Å²) in [6.07, 6.45) is 3.87. The Bertz CT molecular complexity index is 741. The number of rotatable bonds is 3. The molecule has 0 spiro atoms. The fourth-order valence-corrected chi connectivity index (χ4v) is 2.76. The molecule has 0 amide bonds. The van der Waals surface area contributed by atoms with Gasteiger partial charge >= 0.3 is 0 Å². The van der Waals surface area contributed by atoms with E-state index >= 15 is 0 Å². The first-order chi connectivity index (χ1) is 9.66. The zero-order valence-electron chi connectivity index (χ0n) is 11.5. The van der Waals surface area contributed by atoms with E-state index in [0.717, 1.165) is 17.8 Å². The Balaban J connectivity index is 1.91. The summed E-state index contributed by atoms with van der Waals surface area (Å²) in [6, 6.07) is 10.3. The van der Waals surface area contributed by atoms with Crippen molar-refractivity contribution in [1.82, 2.24) is 9.55 Å². The van der Waals surface area contributed by atoms with Crippen LogP contribution in [0.3, 0.4) is 0 Å². The lowest BCUT2D eigenvalue weighted by atomic mass is 10.1. The number of benzene rings is 1. The van der Waals surface area contributed by atoms with Crippen molar-refractivity contribution >= 4 is 28.2 Å². The molecule has 0 unspecified atom stereocenters. The molecule has 0 radical (unpaired) electrons. The van der Waals surface area contributed by atoms with E-state index in [0.29, 0.717) is 5.15 Å². The number of fused-ring (bicyclic) bond motifs is 1. The number of para-hydroxylation sites is 1. The number of pyridine rings is 1. The molecule has 0 saturated carbocycles. The minimum Gasteiger partial charge on any atom is -0.378 e. The van der Waals surface area contributed by atoms with E-state index in [9.17, 15) is 0 Å². The SMILES string of the molecule is Cc1ccnc(Cl)c1NCc1cn(C)c2ccccc12. The topological polar surface area (TPSA) is 29.9 Å². The van der Waals surface area contributed by atoms with E-state index in [1.54, 1.807) is 6.20 Å². The third-order valence-corrected chi connectivity index (χ3v) is 3.83. The molecule has 2 heterocycles. The zero-order chi connectivity index (χ0) is 14.1. The van der Waals surface area contributed by atoms with Crippen LogP contribution in [0.15, 0.2) is 42.7 Å². The highest BCUT2D eigenvalue weighted by Gasteiger charge is 2.08. The third-order valence-electron chi connectivity index (χ3n) is 3.55. The molecule has 0 aliphatic heterocycles. The quantitative estimate of drug-likeness (QED) is 0.733. The Morgan fingerprint density at radius 2 is 2.05 bits per heavy atom. The summed E-state index contributed by atoms with van der Waals surface area (Å²) in [5.41, 5.74) is 4.49. The predicted molar refractivity (Wildman–Crippen MR) is 84.2 cm³/mol. The van der Waals surface area contributed by atoms with E-state index in [2.05, 4.69) is 52.4 Å². The largest absolute Gasteiger partial charge is 0.378 e. The van der Waals surface area contributed by atoms with Gasteiger partial charge in [0.25, 0.3) is 0 Å². The number of hydrogen-bond donors (Lipinski definition) is 1. The van der Waals surface area contributed by atoms with Crippen molar-refractivity contribution in [3.8, 4) is 0 Å². The van der Waals surface area contributed by atoms with Crippen molar-refractivity contribution in [1.29, 1.82) is 0 Å². The molecule has 102 valence electrons. The molecule has 0 fully saturated rings. The van der Waals surface area contributed by atoms with E-state index in [1.807, 2.05) is 13.0 Å². The van der Waals surface area contributed by atoms with Gasteiger partial charge in [-0.3, -0.25) is 0 Å². The molecule has 2 aromatic heterocycles. The molecule has 20 heavy (non-hydrogen) atoms. The van der Waals surface area contributed by atoms with Crippen molar-refractivity contribution in [2.24, 2.45) is 7.05 Å². The Labute approximate surface area is 123 Å². The Hall–Kier alpha value is -2.00. The molecular weight excluding hydrogens is 270 g/mol. The van der Waals surface area contributed by atoms with Gasteiger partial charge in [0.05, 0.1) is 5.69 Å². The van der Waals surface area contributed by atoms with Gasteiger partial charge in [0.2, 0.25) is 0 Å². The average Bonchev–Trinajstić information content (AvgIpc) is 2.76. The van der Waals surface area contributed by atoms with Gasteiger partial charge in [0.1, 0.15) is 0 Å². The summed E-state index contributed by atoms with van der Waals surface area (Å²) in [7, 11) is 2.06. The van der Waals surface area contributed by atoms with Gasteiger partial charge < -0.3 is 9.88 Å². The van der Waals surface area contributed by atoms with Crippen LogP contribution < -0.4 is 5.32 Å². The van der Waals surface area contributed by atoms with E-state index < -0.39 is 0 Å². The summed E-state index contributed by atoms with van der Waals surface area (Å²) < 4.78 is 2.14. The van der Waals surface area contributed by atoms with Gasteiger partial charge in [-0.1, -0.05) is 29.8 Å². The summed E-state index contributed by atoms with van der Waals surface area (Å²) in [4.78, 5) is 4.12. The molecular formula is C16H16ClN3. The van der Waals surface area contributed by atoms with Crippen molar-refractivity contribution in [2.75, 3.05) is 5.32 Å². The normalized spacial score (nSPS) is 10.9. The van der Waals surface area contributed by atoms with Crippen molar-refractivity contribution in [2.45, 2.75) is 13.5 Å². The number of aromatic nitrogens is 2. The smallest absolute Gasteiger partial charge is 0.152 e. The van der Waals surface area contributed by atoms with Crippen LogP contribution in [0.5, 0.6) is 0 Å². The summed E-state index contributed by atoms with van der Waals surface area (Å²) >= 11 is 6.14. The number of anilines is 1. The number of hydrogen-bond acceptors (Lipinski definition) is 2. The Morgan fingerprint density at radius 3 is 2.85 bits per heavy atom. The average molecular weight is 286 g/mol. The summed E-state index contributed by atoms with van der Waals surface area (Å²) in [6.45, 7) is 2.76. The second kappa shape index (κ2) is 5.17. The fourth-order valence-electron chi connectivity index (χ4n) is 2.49. The first-order valence-electron chi connectivity index (χ1n) is 6.54. The molecule has 0 saturated heterocycles. The van der Waals surface area contributed by atoms with Crippen LogP contribution in [0.4, 0.5) is 5.69 Å². The zero-order valence-corrected chi connectivity index (χ0v) is 12.3. The maximum Gasteiger partial charge on any atom is 0.152 e. The second-order valence-electron chi connectivity index (χ2n) is 4.93. The Kier molecular flexibility index (Phi) is 3.36. The van der Waals surface area contributed by atoms with Crippen LogP contribution in [0.2, 0.25) is 5.15 Å². The van der Waals surface area contributed by atoms with Crippen LogP contribution in [0.25, 0.3) is 10.9 Å². The number of halogens is 1. The van der Waals surface area contributed by atoms with Crippen LogP contribution in [0, 0.1) is 6.92 Å². The van der Waals surface area contributed by atoms with Crippen molar-refractivity contribution in [3.05, 3.63) is 59.0 Å². The monoisotopic (exact) mass is 285 g/mol. The molecule has 0 bridgehead atoms. The standard InChI is InChI=1S/C16H16ClN3/c1-11-7-8-18-16(17)15(11)19-9-12-10-20(2)14-6-4-3-5-13(12)14/h3-8,10,19H,9H2,1-2H3. The molecule has 3 aromatic rings. The number of nitrogens with zero attached hydrogens (tertiary/aromatic N) is 2. The van der Waals surface area contributed by atoms with E-state index in [-0.39, 0.29) is 0 Å². The summed E-state index contributed by atoms with van der Waals surface area (Å²) in [5, 5.41) is 5.18. The summed E-state index contributed by atoms with van der Waals surface area (Å²) in [5.74, 6) is 0. The van der Waals surface area contributed by atoms with Gasteiger partial charge in [-0.25, -0.2) is 4.98 Å². The van der Waals surface area contributed by atoms with E-state index in [4.69, 9.17) is 11.6 Å². The minimum absolute atomic E-state index is 0.519. The van der Waals surface area contributed by atoms with Crippen molar-refractivity contribution < 1.29 is 0 Å². The van der Waals surface area contributed by atoms with Gasteiger partial charge in [-0.15, -0.1) is 0 Å². The molecule has 4 heteroatoms. The van der Waals surface area contributed by atoms with Gasteiger partial charge in [0, 0.05) is 36.9 Å². The lowest BCUT2D eigenvalue weighted by Crippen LogP contribution is -2.02. The van der Waals surface area contributed by atoms with Crippen LogP contribution in [-0.4, -0.2) is 9.55 Å². The number of aryl methyl sites for hydroxylation is 2.